The molecule has 3 aromatic rings. The largest absolute Gasteiger partial charge is 0.465 e. The molecule has 0 saturated heterocycles. The van der Waals surface area contributed by atoms with Crippen LogP contribution in [0.5, 0.6) is 0 Å². The highest BCUT2D eigenvalue weighted by Gasteiger charge is 2.31. The highest BCUT2D eigenvalue weighted by molar-refractivity contribution is 7.86. The van der Waals surface area contributed by atoms with Crippen molar-refractivity contribution < 1.29 is 49.8 Å². The number of ether oxygens (including phenoxy) is 1. The second-order valence-corrected chi connectivity index (χ2v) is 14.8. The quantitative estimate of drug-likeness (QED) is 0.0498. The first-order chi connectivity index (χ1) is 23.7. The van der Waals surface area contributed by atoms with E-state index in [0.717, 1.165) is 39.5 Å². The molecule has 0 fully saturated rings. The van der Waals surface area contributed by atoms with E-state index in [1.165, 1.54) is 14.2 Å². The zero-order chi connectivity index (χ0) is 36.6. The maximum absolute atomic E-state index is 12.3. The number of methoxy groups -OCH3 is 1. The van der Waals surface area contributed by atoms with Crippen molar-refractivity contribution in [3.63, 3.8) is 0 Å². The summed E-state index contributed by atoms with van der Waals surface area (Å²) >= 11 is 0. The third-order valence-electron chi connectivity index (χ3n) is 8.24. The van der Waals surface area contributed by atoms with Gasteiger partial charge < -0.3 is 14.5 Å². The Labute approximate surface area is 293 Å². The number of esters is 1. The smallest absolute Gasteiger partial charge is 0.337 e. The van der Waals surface area contributed by atoms with E-state index in [9.17, 15) is 30.7 Å². The lowest BCUT2D eigenvalue weighted by Crippen LogP contribution is -2.35. The van der Waals surface area contributed by atoms with Crippen molar-refractivity contribution in [2.24, 2.45) is 0 Å². The number of carbonyl (C=O) groups excluding carboxylic acids is 1. The molecule has 2 aromatic carbocycles. The molecule has 0 bridgehead atoms. The zero-order valence-electron chi connectivity index (χ0n) is 28.9. The number of benzene rings is 2. The van der Waals surface area contributed by atoms with E-state index < -0.39 is 32.0 Å². The van der Waals surface area contributed by atoms with E-state index in [4.69, 9.17) is 14.5 Å². The van der Waals surface area contributed by atoms with Crippen molar-refractivity contribution in [2.75, 3.05) is 48.6 Å². The number of imidazole rings is 1. The average molecular weight is 734 g/mol. The highest BCUT2D eigenvalue weighted by atomic mass is 32.2. The Kier molecular flexibility index (Phi) is 13.0. The summed E-state index contributed by atoms with van der Waals surface area (Å²) in [6, 6.07) is 11.1. The predicted octanol–water partition coefficient (Wildman–Crippen LogP) is 4.52. The second-order valence-electron chi connectivity index (χ2n) is 11.6. The normalized spacial score (nSPS) is 14.8. The van der Waals surface area contributed by atoms with Crippen LogP contribution in [0.15, 0.2) is 66.0 Å². The van der Waals surface area contributed by atoms with Crippen molar-refractivity contribution in [3.8, 4) is 0 Å². The molecular weight excluding hydrogens is 689 g/mol. The molecule has 1 aliphatic heterocycles. The first-order valence-corrected chi connectivity index (χ1v) is 19.4. The molecule has 2 N–H and O–H groups in total. The van der Waals surface area contributed by atoms with E-state index >= 15 is 0 Å². The lowest BCUT2D eigenvalue weighted by Gasteiger charge is -2.24. The Morgan fingerprint density at radius 2 is 1.62 bits per heavy atom. The lowest BCUT2D eigenvalue weighted by atomic mass is 10.1. The van der Waals surface area contributed by atoms with Gasteiger partial charge in [-0.1, -0.05) is 23.8 Å². The first kappa shape index (κ1) is 38.7. The molecule has 0 unspecified atom stereocenters. The molecule has 50 heavy (non-hydrogen) atoms. The van der Waals surface area contributed by atoms with Gasteiger partial charge in [0, 0.05) is 25.6 Å². The standard InChI is InChI=1S/C34H44N4O10S2/c1-6-35-28-14-12-26(24-48-47-5)22-30(28)37(18-8-20-49(40,41)42)32(35)16-10-25(3)11-17-33-36(7-2)29-15-13-27(34(39)46-4)23-31(29)38(33)19-9-21-50(43,44)45/h10-17,22-23H,6-9,18-21,24H2,1-5H3,(H-,40,41,42,43,44,45)/p+1. The van der Waals surface area contributed by atoms with Crippen molar-refractivity contribution in [3.05, 3.63) is 83.0 Å². The van der Waals surface area contributed by atoms with E-state index in [-0.39, 0.29) is 31.7 Å². The summed E-state index contributed by atoms with van der Waals surface area (Å²) in [7, 11) is -5.56. The third kappa shape index (κ3) is 9.58. The molecule has 0 radical (unpaired) electrons. The number of hydrogen-bond acceptors (Lipinski definition) is 10. The lowest BCUT2D eigenvalue weighted by molar-refractivity contribution is -0.670. The van der Waals surface area contributed by atoms with Gasteiger partial charge >= 0.3 is 5.97 Å². The number of carbonyl (C=O) groups is 1. The van der Waals surface area contributed by atoms with Crippen molar-refractivity contribution in [1.29, 1.82) is 0 Å². The molecular formula is C34H45N4O10S2+. The first-order valence-electron chi connectivity index (χ1n) is 16.2. The minimum absolute atomic E-state index is 0.149. The van der Waals surface area contributed by atoms with Gasteiger partial charge in [-0.25, -0.2) is 23.7 Å². The van der Waals surface area contributed by atoms with Gasteiger partial charge in [0.05, 0.1) is 55.8 Å². The van der Waals surface area contributed by atoms with Gasteiger partial charge in [0.15, 0.2) is 11.0 Å². The van der Waals surface area contributed by atoms with Gasteiger partial charge in [-0.2, -0.15) is 16.8 Å². The van der Waals surface area contributed by atoms with Crippen LogP contribution in [0, 0.1) is 0 Å². The minimum atomic E-state index is -4.17. The summed E-state index contributed by atoms with van der Waals surface area (Å²) in [4.78, 5) is 26.2. The molecule has 4 rings (SSSR count). The summed E-state index contributed by atoms with van der Waals surface area (Å²) in [5.74, 6) is 0.309. The molecule has 0 amide bonds. The molecule has 1 aliphatic rings. The topological polar surface area (TPSA) is 169 Å². The molecule has 0 atom stereocenters. The number of aryl methyl sites for hydroxylation is 2. The molecule has 2 heterocycles. The van der Waals surface area contributed by atoms with E-state index in [2.05, 4.69) is 9.47 Å². The van der Waals surface area contributed by atoms with Crippen molar-refractivity contribution >= 4 is 54.7 Å². The number of anilines is 2. The Hall–Kier alpha value is -4.06. The Balaban J connectivity index is 1.74. The molecule has 16 heteroatoms. The number of nitrogens with zero attached hydrogens (tertiary/aromatic N) is 4. The zero-order valence-corrected chi connectivity index (χ0v) is 30.5. The minimum Gasteiger partial charge on any atom is -0.465 e. The fraction of sp³-hybridized carbons (Fsp3) is 0.412. The second kappa shape index (κ2) is 16.8. The van der Waals surface area contributed by atoms with E-state index in [1.54, 1.807) is 12.1 Å². The summed E-state index contributed by atoms with van der Waals surface area (Å²) in [6.07, 6.45) is 8.11. The van der Waals surface area contributed by atoms with Crippen LogP contribution in [0.2, 0.25) is 0 Å². The van der Waals surface area contributed by atoms with Crippen LogP contribution in [0.4, 0.5) is 11.4 Å². The van der Waals surface area contributed by atoms with Crippen molar-refractivity contribution in [2.45, 2.75) is 53.3 Å². The number of aromatic nitrogens is 2. The average Bonchev–Trinajstić information content (AvgIpc) is 3.53. The molecule has 0 aliphatic carbocycles. The third-order valence-corrected chi connectivity index (χ3v) is 9.85. The van der Waals surface area contributed by atoms with Crippen LogP contribution in [0.3, 0.4) is 0 Å². The van der Waals surface area contributed by atoms with Gasteiger partial charge in [0.1, 0.15) is 12.4 Å². The van der Waals surface area contributed by atoms with Gasteiger partial charge in [-0.15, -0.1) is 0 Å². The maximum atomic E-state index is 12.3. The summed E-state index contributed by atoms with van der Waals surface area (Å²) in [5, 5.41) is 0. The SMILES string of the molecule is CCN1\C(=C/C=C(C)\C=C\c2n(CCCS(=O)(=O)O)c3cc(COOC)ccc3[n+]2CC)N(CCCS(=O)(=O)O)c2cc(C(=O)OC)ccc21. The van der Waals surface area contributed by atoms with Crippen LogP contribution in [0.25, 0.3) is 17.1 Å². The molecule has 0 saturated carbocycles. The molecule has 1 aromatic heterocycles. The molecule has 272 valence electrons. The van der Waals surface area contributed by atoms with Crippen LogP contribution >= 0.6 is 0 Å². The van der Waals surface area contributed by atoms with Crippen LogP contribution < -0.4 is 14.4 Å². The van der Waals surface area contributed by atoms with E-state index in [0.29, 0.717) is 30.9 Å². The Bertz CT molecular complexity index is 2020. The Morgan fingerprint density at radius 1 is 0.920 bits per heavy atom. The maximum Gasteiger partial charge on any atom is 0.337 e. The van der Waals surface area contributed by atoms with Gasteiger partial charge in [-0.3, -0.25) is 9.11 Å². The Morgan fingerprint density at radius 3 is 2.24 bits per heavy atom. The van der Waals surface area contributed by atoms with Gasteiger partial charge in [0.25, 0.3) is 26.1 Å². The highest BCUT2D eigenvalue weighted by Crippen LogP contribution is 2.42. The van der Waals surface area contributed by atoms with E-state index in [1.807, 2.05) is 78.8 Å². The predicted molar refractivity (Wildman–Crippen MR) is 191 cm³/mol. The fourth-order valence-electron chi connectivity index (χ4n) is 6.00. The monoisotopic (exact) mass is 733 g/mol. The number of fused-ring (bicyclic) bond motifs is 2. The van der Waals surface area contributed by atoms with Crippen molar-refractivity contribution in [1.82, 2.24) is 4.57 Å². The molecule has 14 nitrogen and oxygen atoms in total. The summed E-state index contributed by atoms with van der Waals surface area (Å²) < 4.78 is 73.8. The summed E-state index contributed by atoms with van der Waals surface area (Å²) in [6.45, 7) is 8.00. The number of rotatable bonds is 17. The summed E-state index contributed by atoms with van der Waals surface area (Å²) in [5.41, 5.74) is 5.47. The van der Waals surface area contributed by atoms with Crippen LogP contribution in [-0.4, -0.2) is 75.3 Å². The molecule has 0 spiro atoms. The fourth-order valence-corrected chi connectivity index (χ4v) is 6.99. The van der Waals surface area contributed by atoms with Gasteiger partial charge in [-0.05, 0) is 69.2 Å². The van der Waals surface area contributed by atoms with Crippen LogP contribution in [0.1, 0.15) is 55.4 Å². The number of hydrogen-bond donors (Lipinski definition) is 2. The van der Waals surface area contributed by atoms with Gasteiger partial charge in [0.2, 0.25) is 0 Å². The number of allylic oxidation sites excluding steroid dienone is 4. The van der Waals surface area contributed by atoms with Crippen LogP contribution in [-0.2, 0) is 54.4 Å².